The smallest absolute Gasteiger partial charge is 0.303 e. The number of unbranched alkanes of at least 4 members (excludes halogenated alkanes) is 14. The molecule has 0 aliphatic carbocycles. The van der Waals surface area contributed by atoms with Gasteiger partial charge in [-0.1, -0.05) is 104 Å². The highest BCUT2D eigenvalue weighted by Crippen LogP contribution is 2.26. The molecule has 196 valence electrons. The third-order valence-corrected chi connectivity index (χ3v) is 7.21. The summed E-state index contributed by atoms with van der Waals surface area (Å²) >= 11 is 0. The molecule has 0 saturated heterocycles. The molecule has 0 aromatic carbocycles. The lowest BCUT2D eigenvalue weighted by atomic mass is 9.99. The van der Waals surface area contributed by atoms with Crippen LogP contribution in [0, 0.1) is 13.8 Å². The quantitative estimate of drug-likeness (QED) is 0.134. The summed E-state index contributed by atoms with van der Waals surface area (Å²) in [6.07, 6.45) is 22.1. The molecule has 4 heteroatoms. The number of carbonyl (C=O) groups is 2. The molecule has 0 atom stereocenters. The molecule has 0 bridgehead atoms. The Morgan fingerprint density at radius 1 is 0.676 bits per heavy atom. The van der Waals surface area contributed by atoms with E-state index in [0.29, 0.717) is 12.8 Å². The van der Waals surface area contributed by atoms with Crippen LogP contribution >= 0.6 is 0 Å². The molecule has 0 aliphatic heterocycles. The zero-order valence-electron chi connectivity index (χ0n) is 22.9. The first-order valence-corrected chi connectivity index (χ1v) is 14.4. The van der Waals surface area contributed by atoms with Gasteiger partial charge in [0.2, 0.25) is 0 Å². The van der Waals surface area contributed by atoms with Gasteiger partial charge in [-0.15, -0.1) is 0 Å². The van der Waals surface area contributed by atoms with Crippen molar-refractivity contribution in [3.63, 3.8) is 0 Å². The molecular weight excluding hydrogens is 422 g/mol. The minimum Gasteiger partial charge on any atom is -0.481 e. The Morgan fingerprint density at radius 2 is 1.15 bits per heavy atom. The predicted molar refractivity (Wildman–Crippen MR) is 144 cm³/mol. The first kappa shape index (κ1) is 30.5. The van der Waals surface area contributed by atoms with E-state index < -0.39 is 5.97 Å². The molecule has 1 aromatic rings. The number of nitrogens with zero attached hydrogens (tertiary/aromatic N) is 1. The third-order valence-electron chi connectivity index (χ3n) is 7.21. The molecule has 0 spiro atoms. The maximum Gasteiger partial charge on any atom is 0.303 e. The third kappa shape index (κ3) is 11.7. The molecule has 1 rings (SSSR count). The van der Waals surface area contributed by atoms with Gasteiger partial charge in [-0.3, -0.25) is 9.59 Å². The number of hydrogen-bond acceptors (Lipinski definition) is 2. The van der Waals surface area contributed by atoms with Crippen LogP contribution in [0.4, 0.5) is 0 Å². The normalized spacial score (nSPS) is 11.3. The van der Waals surface area contributed by atoms with E-state index in [0.717, 1.165) is 48.3 Å². The van der Waals surface area contributed by atoms with Crippen molar-refractivity contribution in [1.82, 2.24) is 4.57 Å². The minimum atomic E-state index is -0.785. The van der Waals surface area contributed by atoms with E-state index in [1.807, 2.05) is 13.8 Å². The Hall–Kier alpha value is -1.58. The van der Waals surface area contributed by atoms with Gasteiger partial charge in [0.25, 0.3) is 0 Å². The van der Waals surface area contributed by atoms with Crippen LogP contribution < -0.4 is 0 Å². The molecule has 0 fully saturated rings. The van der Waals surface area contributed by atoms with E-state index in [1.165, 1.54) is 83.5 Å². The first-order chi connectivity index (χ1) is 16.4. The largest absolute Gasteiger partial charge is 0.481 e. The molecule has 1 aromatic heterocycles. The van der Waals surface area contributed by atoms with Gasteiger partial charge in [0.05, 0.1) is 6.42 Å². The maximum absolute atomic E-state index is 13.0. The standard InChI is InChI=1S/C30H53NO3/c1-5-7-8-9-10-11-12-13-14-15-16-17-18-19-20-21-28(32)30-25(3)27(22-23-29(33)34)31(24-6-2)26(30)4/h5-24H2,1-4H3,(H,33,34). The Balaban J connectivity index is 2.23. The average molecular weight is 476 g/mol. The summed E-state index contributed by atoms with van der Waals surface area (Å²) in [6.45, 7) is 9.25. The zero-order valence-corrected chi connectivity index (χ0v) is 22.9. The van der Waals surface area contributed by atoms with Crippen molar-refractivity contribution in [2.45, 2.75) is 156 Å². The molecule has 1 heterocycles. The number of ketones is 1. The summed E-state index contributed by atoms with van der Waals surface area (Å²) in [5.41, 5.74) is 3.89. The second kappa shape index (κ2) is 18.7. The van der Waals surface area contributed by atoms with E-state index >= 15 is 0 Å². The Kier molecular flexibility index (Phi) is 16.8. The summed E-state index contributed by atoms with van der Waals surface area (Å²) in [5, 5.41) is 9.10. The molecular formula is C30H53NO3. The van der Waals surface area contributed by atoms with Gasteiger partial charge in [0.15, 0.2) is 5.78 Å². The summed E-state index contributed by atoms with van der Waals surface area (Å²) in [5.74, 6) is -0.553. The van der Waals surface area contributed by atoms with Crippen molar-refractivity contribution in [3.8, 4) is 0 Å². The molecule has 0 radical (unpaired) electrons. The summed E-state index contributed by atoms with van der Waals surface area (Å²) < 4.78 is 2.18. The van der Waals surface area contributed by atoms with Gasteiger partial charge in [0, 0.05) is 29.9 Å². The van der Waals surface area contributed by atoms with Crippen LogP contribution in [0.5, 0.6) is 0 Å². The summed E-state index contributed by atoms with van der Waals surface area (Å²) in [6, 6.07) is 0. The fourth-order valence-electron chi connectivity index (χ4n) is 5.22. The van der Waals surface area contributed by atoms with Gasteiger partial charge in [-0.05, 0) is 38.7 Å². The van der Waals surface area contributed by atoms with Crippen molar-refractivity contribution >= 4 is 11.8 Å². The van der Waals surface area contributed by atoms with Crippen molar-refractivity contribution < 1.29 is 14.7 Å². The summed E-state index contributed by atoms with van der Waals surface area (Å²) in [4.78, 5) is 24.1. The van der Waals surface area contributed by atoms with Crippen molar-refractivity contribution in [2.75, 3.05) is 0 Å². The number of carbonyl (C=O) groups excluding carboxylic acids is 1. The number of Topliss-reactive ketones (excluding diaryl/α,β-unsaturated/α-hetero) is 1. The molecule has 0 saturated carbocycles. The number of hydrogen-bond donors (Lipinski definition) is 1. The van der Waals surface area contributed by atoms with E-state index in [1.54, 1.807) is 0 Å². The lowest BCUT2D eigenvalue weighted by molar-refractivity contribution is -0.137. The lowest BCUT2D eigenvalue weighted by Crippen LogP contribution is -2.08. The van der Waals surface area contributed by atoms with Crippen LogP contribution in [0.3, 0.4) is 0 Å². The maximum atomic E-state index is 13.0. The van der Waals surface area contributed by atoms with Gasteiger partial charge >= 0.3 is 5.97 Å². The number of carboxylic acid groups (broad SMARTS) is 1. The van der Waals surface area contributed by atoms with Crippen LogP contribution in [0.25, 0.3) is 0 Å². The summed E-state index contributed by atoms with van der Waals surface area (Å²) in [7, 11) is 0. The van der Waals surface area contributed by atoms with E-state index in [4.69, 9.17) is 5.11 Å². The second-order valence-corrected chi connectivity index (χ2v) is 10.2. The van der Waals surface area contributed by atoms with Gasteiger partial charge in [-0.25, -0.2) is 0 Å². The van der Waals surface area contributed by atoms with Crippen molar-refractivity contribution in [2.24, 2.45) is 0 Å². The van der Waals surface area contributed by atoms with Crippen LogP contribution in [-0.4, -0.2) is 21.4 Å². The van der Waals surface area contributed by atoms with Gasteiger partial charge in [-0.2, -0.15) is 0 Å². The number of rotatable bonds is 22. The molecule has 0 amide bonds. The monoisotopic (exact) mass is 475 g/mol. The predicted octanol–water partition coefficient (Wildman–Crippen LogP) is 8.98. The SMILES string of the molecule is CCCCCCCCCCCCCCCCCC(=O)c1c(C)c(CCC(=O)O)n(CCC)c1C. The van der Waals surface area contributed by atoms with E-state index in [9.17, 15) is 9.59 Å². The Morgan fingerprint density at radius 3 is 1.59 bits per heavy atom. The van der Waals surface area contributed by atoms with E-state index in [-0.39, 0.29) is 12.2 Å². The average Bonchev–Trinajstić information content (AvgIpc) is 3.04. The van der Waals surface area contributed by atoms with Gasteiger partial charge in [0.1, 0.15) is 0 Å². The molecule has 1 N–H and O–H groups in total. The fourth-order valence-corrected chi connectivity index (χ4v) is 5.22. The first-order valence-electron chi connectivity index (χ1n) is 14.4. The highest BCUT2D eigenvalue weighted by atomic mass is 16.4. The van der Waals surface area contributed by atoms with Gasteiger partial charge < -0.3 is 9.67 Å². The lowest BCUT2D eigenvalue weighted by Gasteiger charge is -2.10. The van der Waals surface area contributed by atoms with Crippen molar-refractivity contribution in [1.29, 1.82) is 0 Å². The number of carboxylic acids is 1. The molecule has 34 heavy (non-hydrogen) atoms. The number of aromatic nitrogens is 1. The van der Waals surface area contributed by atoms with Crippen molar-refractivity contribution in [3.05, 3.63) is 22.5 Å². The second-order valence-electron chi connectivity index (χ2n) is 10.2. The molecule has 0 unspecified atom stereocenters. The van der Waals surface area contributed by atoms with Crippen LogP contribution in [0.15, 0.2) is 0 Å². The number of aliphatic carboxylic acids is 1. The fraction of sp³-hybridized carbons (Fsp3) is 0.800. The highest BCUT2D eigenvalue weighted by Gasteiger charge is 2.22. The van der Waals surface area contributed by atoms with Crippen LogP contribution in [-0.2, 0) is 17.8 Å². The Bertz CT molecular complexity index is 704. The van der Waals surface area contributed by atoms with Crippen LogP contribution in [0.2, 0.25) is 0 Å². The minimum absolute atomic E-state index is 0.112. The van der Waals surface area contributed by atoms with Crippen LogP contribution in [0.1, 0.15) is 157 Å². The Labute approximate surface area is 209 Å². The topological polar surface area (TPSA) is 59.3 Å². The molecule has 4 nitrogen and oxygen atoms in total. The molecule has 0 aliphatic rings. The highest BCUT2D eigenvalue weighted by molar-refractivity contribution is 5.99. The zero-order chi connectivity index (χ0) is 25.2. The van der Waals surface area contributed by atoms with E-state index in [2.05, 4.69) is 18.4 Å².